The molecule has 1 aromatic carbocycles. The van der Waals surface area contributed by atoms with Gasteiger partial charge in [0.05, 0.1) is 12.8 Å². The van der Waals surface area contributed by atoms with Gasteiger partial charge in [0.2, 0.25) is 0 Å². The number of nitrogens with zero attached hydrogens (tertiary/aromatic N) is 1. The van der Waals surface area contributed by atoms with Gasteiger partial charge in [-0.1, -0.05) is 11.6 Å². The van der Waals surface area contributed by atoms with E-state index in [1.165, 1.54) is 0 Å². The van der Waals surface area contributed by atoms with Crippen molar-refractivity contribution in [3.63, 3.8) is 0 Å². The van der Waals surface area contributed by atoms with Crippen LogP contribution < -0.4 is 10.5 Å². The van der Waals surface area contributed by atoms with Crippen LogP contribution >= 0.6 is 11.6 Å². The molecule has 0 aliphatic rings. The Morgan fingerprint density at radius 3 is 2.69 bits per heavy atom. The molecule has 0 saturated heterocycles. The monoisotopic (exact) mass is 237 g/mol. The highest BCUT2D eigenvalue weighted by Gasteiger charge is 2.11. The summed E-state index contributed by atoms with van der Waals surface area (Å²) in [6, 6.07) is 5.46. The zero-order chi connectivity index (χ0) is 11.7. The van der Waals surface area contributed by atoms with Crippen molar-refractivity contribution in [2.24, 2.45) is 0 Å². The molecule has 0 unspecified atom stereocenters. The Balaban J connectivity index is 2.59. The number of aryl methyl sites for hydroxylation is 1. The first-order valence-electron chi connectivity index (χ1n) is 4.77. The minimum absolute atomic E-state index is 0.439. The van der Waals surface area contributed by atoms with Crippen LogP contribution in [-0.2, 0) is 0 Å². The molecule has 0 amide bonds. The van der Waals surface area contributed by atoms with Crippen molar-refractivity contribution in [3.8, 4) is 17.0 Å². The van der Waals surface area contributed by atoms with Gasteiger partial charge in [0.25, 0.3) is 0 Å². The Morgan fingerprint density at radius 1 is 1.38 bits per heavy atom. The summed E-state index contributed by atoms with van der Waals surface area (Å²) >= 11 is 6.08. The first kappa shape index (κ1) is 10.8. The number of methoxy groups -OCH3 is 1. The zero-order valence-electron chi connectivity index (χ0n) is 9.04. The van der Waals surface area contributed by atoms with Crippen LogP contribution in [0.15, 0.2) is 18.2 Å². The SMILES string of the molecule is COc1cc(C)c(Cl)cc1-c1cc(N)n[nH]1. The Hall–Kier alpha value is -1.68. The van der Waals surface area contributed by atoms with Crippen LogP contribution in [0.25, 0.3) is 11.3 Å². The number of nitrogens with two attached hydrogens (primary N) is 1. The van der Waals surface area contributed by atoms with Crippen molar-refractivity contribution in [2.45, 2.75) is 6.92 Å². The van der Waals surface area contributed by atoms with Gasteiger partial charge < -0.3 is 10.5 Å². The lowest BCUT2D eigenvalue weighted by molar-refractivity contribution is 0.416. The standard InChI is InChI=1S/C11H12ClN3O/c1-6-3-10(16-2)7(4-8(6)12)9-5-11(13)15-14-9/h3-5H,1-2H3,(H3,13,14,15). The predicted octanol–water partition coefficient (Wildman–Crippen LogP) is 2.63. The van der Waals surface area contributed by atoms with Crippen molar-refractivity contribution < 1.29 is 4.74 Å². The van der Waals surface area contributed by atoms with Gasteiger partial charge in [-0.05, 0) is 24.6 Å². The Kier molecular flexibility index (Phi) is 2.75. The summed E-state index contributed by atoms with van der Waals surface area (Å²) in [5.41, 5.74) is 8.16. The van der Waals surface area contributed by atoms with Gasteiger partial charge >= 0.3 is 0 Å². The Bertz CT molecular complexity index is 522. The predicted molar refractivity (Wildman–Crippen MR) is 64.7 cm³/mol. The molecule has 84 valence electrons. The van der Waals surface area contributed by atoms with E-state index in [4.69, 9.17) is 22.1 Å². The molecule has 1 heterocycles. The molecule has 0 atom stereocenters. The Labute approximate surface area is 98.4 Å². The van der Waals surface area contributed by atoms with E-state index in [9.17, 15) is 0 Å². The molecule has 0 aliphatic carbocycles. The second-order valence-electron chi connectivity index (χ2n) is 3.51. The molecule has 5 heteroatoms. The van der Waals surface area contributed by atoms with Gasteiger partial charge in [-0.3, -0.25) is 5.10 Å². The summed E-state index contributed by atoms with van der Waals surface area (Å²) < 4.78 is 5.30. The molecule has 16 heavy (non-hydrogen) atoms. The van der Waals surface area contributed by atoms with E-state index >= 15 is 0 Å². The molecular weight excluding hydrogens is 226 g/mol. The van der Waals surface area contributed by atoms with E-state index in [-0.39, 0.29) is 0 Å². The molecule has 1 aromatic heterocycles. The lowest BCUT2D eigenvalue weighted by atomic mass is 10.1. The second kappa shape index (κ2) is 4.06. The van der Waals surface area contributed by atoms with Crippen LogP contribution in [-0.4, -0.2) is 17.3 Å². The molecule has 2 aromatic rings. The van der Waals surface area contributed by atoms with Gasteiger partial charge in [-0.2, -0.15) is 5.10 Å². The third-order valence-corrected chi connectivity index (χ3v) is 2.78. The quantitative estimate of drug-likeness (QED) is 0.844. The van der Waals surface area contributed by atoms with Gasteiger partial charge in [0, 0.05) is 16.7 Å². The maximum absolute atomic E-state index is 6.08. The number of nitrogens with one attached hydrogen (secondary N) is 1. The van der Waals surface area contributed by atoms with Crippen LogP contribution in [0.2, 0.25) is 5.02 Å². The van der Waals surface area contributed by atoms with Gasteiger partial charge in [0.15, 0.2) is 0 Å². The number of anilines is 1. The fourth-order valence-corrected chi connectivity index (χ4v) is 1.67. The van der Waals surface area contributed by atoms with E-state index in [0.29, 0.717) is 10.8 Å². The van der Waals surface area contributed by atoms with Crippen molar-refractivity contribution >= 4 is 17.4 Å². The molecule has 4 nitrogen and oxygen atoms in total. The molecule has 0 bridgehead atoms. The maximum Gasteiger partial charge on any atom is 0.145 e. The minimum Gasteiger partial charge on any atom is -0.496 e. The molecule has 2 rings (SSSR count). The molecule has 0 fully saturated rings. The van der Waals surface area contributed by atoms with Gasteiger partial charge in [-0.25, -0.2) is 0 Å². The normalized spacial score (nSPS) is 10.4. The average molecular weight is 238 g/mol. The van der Waals surface area contributed by atoms with Crippen molar-refractivity contribution in [1.82, 2.24) is 10.2 Å². The summed E-state index contributed by atoms with van der Waals surface area (Å²) in [6.45, 7) is 1.93. The van der Waals surface area contributed by atoms with Crippen molar-refractivity contribution in [1.29, 1.82) is 0 Å². The fraction of sp³-hybridized carbons (Fsp3) is 0.182. The summed E-state index contributed by atoms with van der Waals surface area (Å²) in [5, 5.41) is 7.39. The summed E-state index contributed by atoms with van der Waals surface area (Å²) in [4.78, 5) is 0. The van der Waals surface area contributed by atoms with Crippen LogP contribution in [0, 0.1) is 6.92 Å². The number of H-pyrrole nitrogens is 1. The highest BCUT2D eigenvalue weighted by atomic mass is 35.5. The number of ether oxygens (including phenoxy) is 1. The summed E-state index contributed by atoms with van der Waals surface area (Å²) in [7, 11) is 1.62. The van der Waals surface area contributed by atoms with Crippen LogP contribution in [0.1, 0.15) is 5.56 Å². The number of hydrogen-bond acceptors (Lipinski definition) is 3. The smallest absolute Gasteiger partial charge is 0.145 e. The maximum atomic E-state index is 6.08. The highest BCUT2D eigenvalue weighted by molar-refractivity contribution is 6.31. The molecule has 0 saturated carbocycles. The van der Waals surface area contributed by atoms with Crippen LogP contribution in [0.4, 0.5) is 5.82 Å². The van der Waals surface area contributed by atoms with Crippen LogP contribution in [0.3, 0.4) is 0 Å². The van der Waals surface area contributed by atoms with E-state index in [1.54, 1.807) is 13.2 Å². The molecule has 0 radical (unpaired) electrons. The van der Waals surface area contributed by atoms with E-state index in [0.717, 1.165) is 22.6 Å². The van der Waals surface area contributed by atoms with Gasteiger partial charge in [0.1, 0.15) is 11.6 Å². The van der Waals surface area contributed by atoms with Gasteiger partial charge in [-0.15, -0.1) is 0 Å². The molecule has 0 spiro atoms. The minimum atomic E-state index is 0.439. The summed E-state index contributed by atoms with van der Waals surface area (Å²) in [5.74, 6) is 1.18. The average Bonchev–Trinajstić information content (AvgIpc) is 2.68. The van der Waals surface area contributed by atoms with E-state index in [1.807, 2.05) is 19.1 Å². The van der Waals surface area contributed by atoms with Crippen molar-refractivity contribution in [3.05, 3.63) is 28.8 Å². The largest absolute Gasteiger partial charge is 0.496 e. The first-order chi connectivity index (χ1) is 7.61. The second-order valence-corrected chi connectivity index (χ2v) is 3.92. The van der Waals surface area contributed by atoms with E-state index in [2.05, 4.69) is 10.2 Å². The van der Waals surface area contributed by atoms with Crippen LogP contribution in [0.5, 0.6) is 5.75 Å². The molecule has 0 aliphatic heterocycles. The highest BCUT2D eigenvalue weighted by Crippen LogP contribution is 2.33. The molecular formula is C11H12ClN3O. The Morgan fingerprint density at radius 2 is 2.12 bits per heavy atom. The number of aromatic amines is 1. The first-order valence-corrected chi connectivity index (χ1v) is 5.15. The molecule has 3 N–H and O–H groups in total. The number of hydrogen-bond donors (Lipinski definition) is 2. The number of aromatic nitrogens is 2. The van der Waals surface area contributed by atoms with Crippen molar-refractivity contribution in [2.75, 3.05) is 12.8 Å². The fourth-order valence-electron chi connectivity index (χ4n) is 1.51. The summed E-state index contributed by atoms with van der Waals surface area (Å²) in [6.07, 6.45) is 0. The third-order valence-electron chi connectivity index (χ3n) is 2.37. The number of benzene rings is 1. The number of rotatable bonds is 2. The number of nitrogen functional groups attached to an aromatic ring is 1. The number of halogens is 1. The lowest BCUT2D eigenvalue weighted by Gasteiger charge is -2.09. The lowest BCUT2D eigenvalue weighted by Crippen LogP contribution is -1.90. The topological polar surface area (TPSA) is 63.9 Å². The zero-order valence-corrected chi connectivity index (χ0v) is 9.80. The van der Waals surface area contributed by atoms with E-state index < -0.39 is 0 Å². The third kappa shape index (κ3) is 1.84.